The van der Waals surface area contributed by atoms with Gasteiger partial charge < -0.3 is 9.88 Å². The lowest BCUT2D eigenvalue weighted by Gasteiger charge is -2.46. The summed E-state index contributed by atoms with van der Waals surface area (Å²) in [6.07, 6.45) is 4.10. The minimum atomic E-state index is -3.21. The van der Waals surface area contributed by atoms with Crippen molar-refractivity contribution in [3.63, 3.8) is 0 Å². The maximum atomic E-state index is 12.5. The molecule has 2 aliphatic heterocycles. The molecule has 2 fully saturated rings. The number of imidazole rings is 1. The van der Waals surface area contributed by atoms with Gasteiger partial charge in [-0.1, -0.05) is 0 Å². The molecule has 0 radical (unpaired) electrons. The second-order valence-electron chi connectivity index (χ2n) is 7.93. The molecule has 12 heteroatoms. The van der Waals surface area contributed by atoms with Crippen LogP contribution in [-0.2, 0) is 10.0 Å². The van der Waals surface area contributed by atoms with Crippen LogP contribution in [0.1, 0.15) is 5.82 Å². The Morgan fingerprint density at radius 2 is 2.03 bits per heavy atom. The van der Waals surface area contributed by atoms with Crippen LogP contribution in [0.2, 0.25) is 0 Å². The van der Waals surface area contributed by atoms with Crippen molar-refractivity contribution in [2.24, 2.45) is 0 Å². The third kappa shape index (κ3) is 5.03. The van der Waals surface area contributed by atoms with Gasteiger partial charge in [0.25, 0.3) is 6.43 Å². The Kier molecular flexibility index (Phi) is 6.35. The molecular weight excluding hydrogens is 440 g/mol. The Labute approximate surface area is 185 Å². The van der Waals surface area contributed by atoms with Gasteiger partial charge in [-0.2, -0.15) is 4.31 Å². The van der Waals surface area contributed by atoms with Gasteiger partial charge in [0.1, 0.15) is 11.6 Å². The van der Waals surface area contributed by atoms with Crippen LogP contribution in [0.4, 0.5) is 14.6 Å². The summed E-state index contributed by atoms with van der Waals surface area (Å²) in [5.41, 5.74) is 0.775. The summed E-state index contributed by atoms with van der Waals surface area (Å²) in [7, 11) is -3.21. The predicted octanol–water partition coefficient (Wildman–Crippen LogP) is 1.54. The smallest absolute Gasteiger partial charge is 0.279 e. The molecule has 2 N–H and O–H groups in total. The van der Waals surface area contributed by atoms with E-state index < -0.39 is 22.2 Å². The quantitative estimate of drug-likeness (QED) is 0.627. The third-order valence-electron chi connectivity index (χ3n) is 5.76. The predicted molar refractivity (Wildman–Crippen MR) is 119 cm³/mol. The number of allylic oxidation sites excluding steroid dienone is 1. The Morgan fingerprint density at radius 3 is 2.78 bits per heavy atom. The molecule has 172 valence electrons. The number of halogens is 2. The number of fused-ring (bicyclic) bond motifs is 1. The van der Waals surface area contributed by atoms with E-state index in [0.29, 0.717) is 31.2 Å². The van der Waals surface area contributed by atoms with Crippen LogP contribution in [0.25, 0.3) is 17.3 Å². The number of pyridine rings is 1. The fraction of sp³-hybridized carbons (Fsp3) is 0.450. The molecule has 2 aromatic heterocycles. The first-order chi connectivity index (χ1) is 15.2. The summed E-state index contributed by atoms with van der Waals surface area (Å²) in [4.78, 5) is 16.2. The van der Waals surface area contributed by atoms with E-state index >= 15 is 0 Å². The first kappa shape index (κ1) is 22.5. The van der Waals surface area contributed by atoms with Gasteiger partial charge in [0.15, 0.2) is 0 Å². The first-order valence-corrected chi connectivity index (χ1v) is 12.1. The first-order valence-electron chi connectivity index (χ1n) is 10.2. The van der Waals surface area contributed by atoms with Gasteiger partial charge in [0.2, 0.25) is 10.0 Å². The number of hydrogen-bond acceptors (Lipinski definition) is 7. The van der Waals surface area contributed by atoms with Crippen molar-refractivity contribution in [3.05, 3.63) is 36.4 Å². The Bertz CT molecular complexity index is 1120. The highest BCUT2D eigenvalue weighted by Crippen LogP contribution is 2.25. The van der Waals surface area contributed by atoms with E-state index in [1.807, 2.05) is 12.1 Å². The highest BCUT2D eigenvalue weighted by atomic mass is 32.2. The molecule has 0 aliphatic carbocycles. The topological polar surface area (TPSA) is 109 Å². The zero-order valence-corrected chi connectivity index (χ0v) is 18.4. The van der Waals surface area contributed by atoms with Crippen molar-refractivity contribution in [2.75, 3.05) is 50.4 Å². The second kappa shape index (κ2) is 9.04. The normalized spacial score (nSPS) is 20.8. The van der Waals surface area contributed by atoms with E-state index in [1.165, 1.54) is 16.6 Å². The van der Waals surface area contributed by atoms with E-state index in [1.54, 1.807) is 12.4 Å². The van der Waals surface area contributed by atoms with Crippen LogP contribution in [0.3, 0.4) is 0 Å². The number of nitrogens with zero attached hydrogens (tertiary/aromatic N) is 5. The van der Waals surface area contributed by atoms with Gasteiger partial charge in [-0.3, -0.25) is 10.3 Å². The Hall–Kier alpha value is -2.70. The summed E-state index contributed by atoms with van der Waals surface area (Å²) in [6.45, 7) is 4.03. The third-order valence-corrected chi connectivity index (χ3v) is 7.03. The van der Waals surface area contributed by atoms with E-state index in [-0.39, 0.29) is 6.04 Å². The van der Waals surface area contributed by atoms with E-state index in [2.05, 4.69) is 24.8 Å². The van der Waals surface area contributed by atoms with E-state index in [4.69, 9.17) is 5.41 Å². The minimum Gasteiger partial charge on any atom is -0.354 e. The summed E-state index contributed by atoms with van der Waals surface area (Å²) in [5, 5.41) is 7.18. The van der Waals surface area contributed by atoms with Crippen molar-refractivity contribution < 1.29 is 17.2 Å². The lowest BCUT2D eigenvalue weighted by Crippen LogP contribution is -2.62. The molecule has 32 heavy (non-hydrogen) atoms. The number of hydrogen-bond donors (Lipinski definition) is 2. The number of anilines is 1. The minimum absolute atomic E-state index is 0.103. The Morgan fingerprint density at radius 1 is 1.25 bits per heavy atom. The van der Waals surface area contributed by atoms with E-state index in [0.717, 1.165) is 37.1 Å². The molecule has 0 amide bonds. The molecule has 0 aromatic carbocycles. The molecule has 2 aliphatic rings. The summed E-state index contributed by atoms with van der Waals surface area (Å²) >= 11 is 0. The standard InChI is InChI=1S/C20H25F2N7O2S/c1-32(30,31)29-9-8-27-6-7-28(12-15(27)13-29)19-10-14(4-5-24-19)17-11-25-18(26-17)3-2-16(23)20(21)22/h2-5,10-11,15,20,23H,6-9,12-13H2,1H3,(H,25,26)/b3-2-,23-16?. The molecule has 2 aromatic rings. The van der Waals surface area contributed by atoms with Gasteiger partial charge in [-0.15, -0.1) is 0 Å². The van der Waals surface area contributed by atoms with Crippen LogP contribution in [-0.4, -0.2) is 96.3 Å². The SMILES string of the molecule is CS(=O)(=O)N1CCN2CCN(c3cc(-c4cnc(/C=C\C(=N)C(F)F)[nH]4)ccn3)CC2C1. The lowest BCUT2D eigenvalue weighted by molar-refractivity contribution is 0.106. The number of aromatic nitrogens is 3. The fourth-order valence-corrected chi connectivity index (χ4v) is 4.86. The zero-order chi connectivity index (χ0) is 22.9. The number of piperazine rings is 2. The largest absolute Gasteiger partial charge is 0.354 e. The molecular formula is C20H25F2N7O2S. The van der Waals surface area contributed by atoms with Crippen LogP contribution in [0.5, 0.6) is 0 Å². The van der Waals surface area contributed by atoms with Crippen molar-refractivity contribution in [1.29, 1.82) is 5.41 Å². The van der Waals surface area contributed by atoms with Gasteiger partial charge in [-0.05, 0) is 24.3 Å². The van der Waals surface area contributed by atoms with Crippen LogP contribution in [0, 0.1) is 5.41 Å². The molecule has 0 bridgehead atoms. The summed E-state index contributed by atoms with van der Waals surface area (Å²) in [6, 6.07) is 3.86. The maximum Gasteiger partial charge on any atom is 0.279 e. The highest BCUT2D eigenvalue weighted by Gasteiger charge is 2.35. The average Bonchev–Trinajstić information content (AvgIpc) is 3.25. The molecule has 1 unspecified atom stereocenters. The highest BCUT2D eigenvalue weighted by molar-refractivity contribution is 7.88. The summed E-state index contributed by atoms with van der Waals surface area (Å²) in [5.74, 6) is 1.16. The number of alkyl halides is 2. The van der Waals surface area contributed by atoms with Crippen LogP contribution in [0.15, 0.2) is 30.6 Å². The average molecular weight is 466 g/mol. The monoisotopic (exact) mass is 465 g/mol. The molecule has 2 saturated heterocycles. The van der Waals surface area contributed by atoms with E-state index in [9.17, 15) is 17.2 Å². The van der Waals surface area contributed by atoms with Crippen molar-refractivity contribution in [2.45, 2.75) is 12.5 Å². The molecule has 0 spiro atoms. The van der Waals surface area contributed by atoms with Crippen molar-refractivity contribution in [3.8, 4) is 11.3 Å². The second-order valence-corrected chi connectivity index (χ2v) is 9.91. The number of nitrogens with one attached hydrogen (secondary N) is 2. The molecule has 0 saturated carbocycles. The number of H-pyrrole nitrogens is 1. The van der Waals surface area contributed by atoms with Crippen LogP contribution < -0.4 is 4.90 Å². The zero-order valence-electron chi connectivity index (χ0n) is 17.6. The maximum absolute atomic E-state index is 12.5. The number of sulfonamides is 1. The van der Waals surface area contributed by atoms with Crippen LogP contribution >= 0.6 is 0 Å². The van der Waals surface area contributed by atoms with Gasteiger partial charge in [-0.25, -0.2) is 27.2 Å². The Balaban J connectivity index is 1.47. The number of aromatic amines is 1. The molecule has 1 atom stereocenters. The molecule has 4 rings (SSSR count). The van der Waals surface area contributed by atoms with Gasteiger partial charge in [0.05, 0.1) is 23.9 Å². The van der Waals surface area contributed by atoms with Gasteiger partial charge in [0, 0.05) is 57.1 Å². The summed E-state index contributed by atoms with van der Waals surface area (Å²) < 4.78 is 50.3. The molecule has 9 nitrogen and oxygen atoms in total. The molecule has 4 heterocycles. The van der Waals surface area contributed by atoms with Gasteiger partial charge >= 0.3 is 0 Å². The number of rotatable bonds is 6. The van der Waals surface area contributed by atoms with Crippen molar-refractivity contribution in [1.82, 2.24) is 24.2 Å². The van der Waals surface area contributed by atoms with Crippen molar-refractivity contribution >= 4 is 27.6 Å². The lowest BCUT2D eigenvalue weighted by atomic mass is 10.1. The fourth-order valence-electron chi connectivity index (χ4n) is 4.00.